The lowest BCUT2D eigenvalue weighted by Crippen LogP contribution is -2.28. The van der Waals surface area contributed by atoms with E-state index in [4.69, 9.17) is 23.2 Å². The Kier molecular flexibility index (Phi) is 6.39. The van der Waals surface area contributed by atoms with E-state index in [1.165, 1.54) is 25.4 Å². The largest absolute Gasteiger partial charge is 0.416 e. The number of rotatable bonds is 3. The summed E-state index contributed by atoms with van der Waals surface area (Å²) in [6, 6.07) is 5.02. The Morgan fingerprint density at radius 1 is 0.938 bits per heavy atom. The highest BCUT2D eigenvalue weighted by Gasteiger charge is 2.38. The summed E-state index contributed by atoms with van der Waals surface area (Å²) in [4.78, 5) is 21.7. The molecule has 0 bridgehead atoms. The molecule has 0 aliphatic heterocycles. The van der Waals surface area contributed by atoms with E-state index < -0.39 is 35.0 Å². The molecule has 12 heteroatoms. The molecule has 0 unspecified atom stereocenters. The zero-order valence-corrected chi connectivity index (χ0v) is 17.4. The average Bonchev–Trinajstić information content (AvgIpc) is 2.71. The van der Waals surface area contributed by atoms with Crippen molar-refractivity contribution >= 4 is 34.8 Å². The molecule has 3 aromatic rings. The molecule has 3 rings (SSSR count). The van der Waals surface area contributed by atoms with E-state index in [-0.39, 0.29) is 33.2 Å². The number of amides is 1. The van der Waals surface area contributed by atoms with Gasteiger partial charge in [0.05, 0.1) is 33.7 Å². The Morgan fingerprint density at radius 3 is 2.06 bits per heavy atom. The standard InChI is InChI=1S/C20H11Cl2F6N3O/c1-31(15-9-30-16(22)8-13(15)17-14(21)3-2-4-29-17)18(32)10-5-11(19(23,24)25)7-12(6-10)20(26,27)28/h2-9H,1H3. The molecular weight excluding hydrogens is 483 g/mol. The highest BCUT2D eigenvalue weighted by atomic mass is 35.5. The van der Waals surface area contributed by atoms with Crippen molar-refractivity contribution in [3.05, 3.63) is 75.7 Å². The van der Waals surface area contributed by atoms with E-state index in [9.17, 15) is 31.1 Å². The molecule has 0 spiro atoms. The quantitative estimate of drug-likeness (QED) is 0.299. The summed E-state index contributed by atoms with van der Waals surface area (Å²) in [6.07, 6.45) is -7.64. The van der Waals surface area contributed by atoms with Crippen molar-refractivity contribution in [1.29, 1.82) is 0 Å². The summed E-state index contributed by atoms with van der Waals surface area (Å²) in [6.45, 7) is 0. The fourth-order valence-corrected chi connectivity index (χ4v) is 3.23. The van der Waals surface area contributed by atoms with Gasteiger partial charge in [-0.25, -0.2) is 4.98 Å². The van der Waals surface area contributed by atoms with Crippen LogP contribution in [0.2, 0.25) is 10.2 Å². The molecule has 0 aliphatic rings. The van der Waals surface area contributed by atoms with Crippen LogP contribution in [0.3, 0.4) is 0 Å². The summed E-state index contributed by atoms with van der Waals surface area (Å²) in [7, 11) is 1.17. The van der Waals surface area contributed by atoms with Crippen molar-refractivity contribution in [2.24, 2.45) is 0 Å². The summed E-state index contributed by atoms with van der Waals surface area (Å²) in [5, 5.41) is 0.181. The summed E-state index contributed by atoms with van der Waals surface area (Å²) < 4.78 is 78.9. The molecule has 2 heterocycles. The van der Waals surface area contributed by atoms with Crippen molar-refractivity contribution in [3.8, 4) is 11.3 Å². The number of halogens is 8. The van der Waals surface area contributed by atoms with Crippen LogP contribution in [0.5, 0.6) is 0 Å². The molecule has 0 N–H and O–H groups in total. The maximum atomic E-state index is 13.2. The van der Waals surface area contributed by atoms with Gasteiger partial charge < -0.3 is 4.90 Å². The van der Waals surface area contributed by atoms with Gasteiger partial charge in [-0.3, -0.25) is 9.78 Å². The van der Waals surface area contributed by atoms with Gasteiger partial charge in [0.15, 0.2) is 0 Å². The number of alkyl halides is 6. The molecule has 1 aromatic carbocycles. The number of carbonyl (C=O) groups excluding carboxylic acids is 1. The first-order chi connectivity index (χ1) is 14.8. The molecule has 0 atom stereocenters. The Bertz CT molecular complexity index is 1150. The number of benzene rings is 1. The van der Waals surface area contributed by atoms with Crippen LogP contribution < -0.4 is 4.90 Å². The van der Waals surface area contributed by atoms with Gasteiger partial charge in [0.25, 0.3) is 5.91 Å². The SMILES string of the molecule is CN(C(=O)c1cc(C(F)(F)F)cc(C(F)(F)F)c1)c1cnc(Cl)cc1-c1ncccc1Cl. The van der Waals surface area contributed by atoms with Crippen LogP contribution in [0.1, 0.15) is 21.5 Å². The minimum absolute atomic E-state index is 0.00439. The first-order valence-electron chi connectivity index (χ1n) is 8.63. The van der Waals surface area contributed by atoms with Crippen LogP contribution >= 0.6 is 23.2 Å². The summed E-state index contributed by atoms with van der Waals surface area (Å²) in [5.41, 5.74) is -3.62. The van der Waals surface area contributed by atoms with Gasteiger partial charge in [-0.05, 0) is 36.4 Å². The topological polar surface area (TPSA) is 46.1 Å². The minimum Gasteiger partial charge on any atom is -0.309 e. The second-order valence-electron chi connectivity index (χ2n) is 6.52. The lowest BCUT2D eigenvalue weighted by atomic mass is 10.0. The first kappa shape index (κ1) is 23.8. The van der Waals surface area contributed by atoms with Gasteiger partial charge >= 0.3 is 12.4 Å². The molecule has 0 radical (unpaired) electrons. The van der Waals surface area contributed by atoms with Crippen LogP contribution in [0.15, 0.2) is 48.8 Å². The fraction of sp³-hybridized carbons (Fsp3) is 0.150. The smallest absolute Gasteiger partial charge is 0.309 e. The lowest BCUT2D eigenvalue weighted by molar-refractivity contribution is -0.143. The van der Waals surface area contributed by atoms with E-state index in [2.05, 4.69) is 9.97 Å². The number of nitrogens with zero attached hydrogens (tertiary/aromatic N) is 3. The molecule has 0 aliphatic carbocycles. The van der Waals surface area contributed by atoms with E-state index in [0.717, 1.165) is 11.1 Å². The predicted octanol–water partition coefficient (Wildman–Crippen LogP) is 6.76. The van der Waals surface area contributed by atoms with E-state index in [0.29, 0.717) is 12.1 Å². The van der Waals surface area contributed by atoms with E-state index in [1.807, 2.05) is 0 Å². The molecule has 2 aromatic heterocycles. The molecule has 168 valence electrons. The van der Waals surface area contributed by atoms with Crippen LogP contribution in [-0.2, 0) is 12.4 Å². The Morgan fingerprint density at radius 2 is 1.53 bits per heavy atom. The van der Waals surface area contributed by atoms with Gasteiger partial charge in [0, 0.05) is 24.4 Å². The lowest BCUT2D eigenvalue weighted by Gasteiger charge is -2.22. The number of hydrogen-bond donors (Lipinski definition) is 0. The molecule has 0 fully saturated rings. The van der Waals surface area contributed by atoms with Gasteiger partial charge in [-0.1, -0.05) is 23.2 Å². The predicted molar refractivity (Wildman–Crippen MR) is 107 cm³/mol. The van der Waals surface area contributed by atoms with Gasteiger partial charge in [-0.2, -0.15) is 26.3 Å². The summed E-state index contributed by atoms with van der Waals surface area (Å²) in [5.74, 6) is -1.14. The van der Waals surface area contributed by atoms with Crippen molar-refractivity contribution in [1.82, 2.24) is 9.97 Å². The Hall–Kier alpha value is -2.85. The Labute approximate surface area is 187 Å². The van der Waals surface area contributed by atoms with Gasteiger partial charge in [0.2, 0.25) is 0 Å². The van der Waals surface area contributed by atoms with Crippen LogP contribution in [0, 0.1) is 0 Å². The average molecular weight is 494 g/mol. The number of aromatic nitrogens is 2. The van der Waals surface area contributed by atoms with Crippen LogP contribution in [0.4, 0.5) is 32.0 Å². The van der Waals surface area contributed by atoms with Gasteiger partial charge in [-0.15, -0.1) is 0 Å². The molecule has 4 nitrogen and oxygen atoms in total. The second kappa shape index (κ2) is 8.59. The second-order valence-corrected chi connectivity index (χ2v) is 7.31. The zero-order chi connectivity index (χ0) is 23.8. The number of hydrogen-bond acceptors (Lipinski definition) is 3. The van der Waals surface area contributed by atoms with Crippen LogP contribution in [-0.4, -0.2) is 22.9 Å². The van der Waals surface area contributed by atoms with Crippen molar-refractivity contribution in [2.75, 3.05) is 11.9 Å². The number of pyridine rings is 2. The number of anilines is 1. The molecule has 0 saturated heterocycles. The van der Waals surface area contributed by atoms with Crippen LogP contribution in [0.25, 0.3) is 11.3 Å². The van der Waals surface area contributed by atoms with Crippen molar-refractivity contribution in [2.45, 2.75) is 12.4 Å². The number of carbonyl (C=O) groups is 1. The minimum atomic E-state index is -5.09. The van der Waals surface area contributed by atoms with Crippen molar-refractivity contribution < 1.29 is 31.1 Å². The monoisotopic (exact) mass is 493 g/mol. The maximum Gasteiger partial charge on any atom is 0.416 e. The zero-order valence-electron chi connectivity index (χ0n) is 15.9. The third-order valence-corrected chi connectivity index (χ3v) is 4.88. The normalized spacial score (nSPS) is 12.0. The highest BCUT2D eigenvalue weighted by molar-refractivity contribution is 6.33. The molecule has 1 amide bonds. The highest BCUT2D eigenvalue weighted by Crippen LogP contribution is 2.38. The Balaban J connectivity index is 2.13. The summed E-state index contributed by atoms with van der Waals surface area (Å²) >= 11 is 12.1. The third kappa shape index (κ3) is 4.97. The van der Waals surface area contributed by atoms with Crippen molar-refractivity contribution in [3.63, 3.8) is 0 Å². The first-order valence-corrected chi connectivity index (χ1v) is 9.38. The van der Waals surface area contributed by atoms with E-state index >= 15 is 0 Å². The van der Waals surface area contributed by atoms with E-state index in [1.54, 1.807) is 6.07 Å². The maximum absolute atomic E-state index is 13.2. The molecule has 32 heavy (non-hydrogen) atoms. The fourth-order valence-electron chi connectivity index (χ4n) is 2.84. The third-order valence-electron chi connectivity index (χ3n) is 4.36. The molecule has 0 saturated carbocycles. The molecular formula is C20H11Cl2F6N3O. The van der Waals surface area contributed by atoms with Gasteiger partial charge in [0.1, 0.15) is 5.15 Å².